The van der Waals surface area contributed by atoms with Gasteiger partial charge in [0.05, 0.1) is 0 Å². The lowest BCUT2D eigenvalue weighted by Gasteiger charge is -2.44. The maximum Gasteiger partial charge on any atom is 0.385 e. The van der Waals surface area contributed by atoms with Crippen molar-refractivity contribution >= 4 is 35.3 Å². The Kier molecular flexibility index (Phi) is 7.81. The van der Waals surface area contributed by atoms with E-state index in [0.29, 0.717) is 0 Å². The SMILES string of the molecule is CN=C([S-])C(F)(F)C(F)(F)C(F)(F)C(F)(F)C(F)(F)C(F)(F)C(F)(F)C(F)(F)C([S-])=NC. The van der Waals surface area contributed by atoms with Crippen molar-refractivity contribution in [3.63, 3.8) is 0 Å². The topological polar surface area (TPSA) is 24.7 Å². The van der Waals surface area contributed by atoms with E-state index in [0.717, 1.165) is 0 Å². The zero-order chi connectivity index (χ0) is 26.6. The molecule has 0 rings (SSSR count). The summed E-state index contributed by atoms with van der Waals surface area (Å²) < 4.78 is 216. The summed E-state index contributed by atoms with van der Waals surface area (Å²) in [5.41, 5.74) is 0. The summed E-state index contributed by atoms with van der Waals surface area (Å²) in [5.74, 6) is -62.6. The van der Waals surface area contributed by atoms with Gasteiger partial charge in [-0.3, -0.25) is 0 Å². The lowest BCUT2D eigenvalue weighted by molar-refractivity contribution is -0.445. The fourth-order valence-corrected chi connectivity index (χ4v) is 1.99. The van der Waals surface area contributed by atoms with Crippen LogP contribution in [-0.4, -0.2) is 71.6 Å². The molecule has 2 nitrogen and oxygen atoms in total. The molecule has 0 aromatic carbocycles. The summed E-state index contributed by atoms with van der Waals surface area (Å²) in [5, 5.41) is -5.61. The fourth-order valence-electron chi connectivity index (χ4n) is 1.73. The molecule has 0 saturated heterocycles. The Bertz CT molecular complexity index is 709. The van der Waals surface area contributed by atoms with E-state index < -0.39 is 57.5 Å². The molecule has 0 N–H and O–H groups in total. The molecule has 0 fully saturated rings. The highest BCUT2D eigenvalue weighted by atomic mass is 32.1. The van der Waals surface area contributed by atoms with Crippen molar-refractivity contribution in [1.82, 2.24) is 0 Å². The lowest BCUT2D eigenvalue weighted by atomic mass is 9.88. The standard InChI is InChI=1S/C12H8F16N2S2/c1-29-3(31)5(13,14)7(17,18)9(21,22)11(25,26)12(27,28)10(23,24)8(19,20)6(15,16)4(32)30-2/h1-2H3,(H,29,31)(H,30,32)/p-2. The van der Waals surface area contributed by atoms with E-state index >= 15 is 0 Å². The predicted molar refractivity (Wildman–Crippen MR) is 81.0 cm³/mol. The Morgan fingerprint density at radius 2 is 0.562 bits per heavy atom. The second kappa shape index (κ2) is 8.15. The van der Waals surface area contributed by atoms with Gasteiger partial charge < -0.3 is 35.2 Å². The monoisotopic (exact) mass is 546 g/mol. The van der Waals surface area contributed by atoms with Gasteiger partial charge in [-0.15, -0.1) is 0 Å². The highest BCUT2D eigenvalue weighted by Gasteiger charge is 2.94. The minimum atomic E-state index is -8.52. The molecule has 32 heavy (non-hydrogen) atoms. The largest absolute Gasteiger partial charge is 0.759 e. The normalized spacial score (nSPS) is 17.1. The van der Waals surface area contributed by atoms with Crippen LogP contribution in [0.5, 0.6) is 0 Å². The molecule has 0 radical (unpaired) electrons. The third-order valence-electron chi connectivity index (χ3n) is 3.70. The fraction of sp³-hybridized carbons (Fsp3) is 0.833. The van der Waals surface area contributed by atoms with Crippen LogP contribution in [-0.2, 0) is 25.3 Å². The molecular weight excluding hydrogens is 540 g/mol. The first kappa shape index (κ1) is 30.7. The molecule has 0 aliphatic heterocycles. The van der Waals surface area contributed by atoms with Crippen molar-refractivity contribution in [2.45, 2.75) is 47.4 Å². The third kappa shape index (κ3) is 3.64. The molecule has 0 amide bonds. The van der Waals surface area contributed by atoms with E-state index in [1.807, 2.05) is 0 Å². The maximum absolute atomic E-state index is 13.6. The number of halogens is 16. The van der Waals surface area contributed by atoms with Crippen molar-refractivity contribution in [2.75, 3.05) is 14.1 Å². The van der Waals surface area contributed by atoms with Gasteiger partial charge in [-0.2, -0.15) is 70.2 Å². The van der Waals surface area contributed by atoms with Gasteiger partial charge in [0.15, 0.2) is 0 Å². The smallest absolute Gasteiger partial charge is 0.385 e. The molecule has 0 heterocycles. The predicted octanol–water partition coefficient (Wildman–Crippen LogP) is 5.22. The van der Waals surface area contributed by atoms with Gasteiger partial charge in [0.1, 0.15) is 0 Å². The molecule has 0 atom stereocenters. The van der Waals surface area contributed by atoms with Crippen LogP contribution in [0.1, 0.15) is 0 Å². The van der Waals surface area contributed by atoms with Gasteiger partial charge in [-0.1, -0.05) is 0 Å². The maximum atomic E-state index is 13.6. The van der Waals surface area contributed by atoms with E-state index in [2.05, 4.69) is 35.2 Å². The van der Waals surface area contributed by atoms with Crippen molar-refractivity contribution < 1.29 is 70.2 Å². The Morgan fingerprint density at radius 3 is 0.719 bits per heavy atom. The van der Waals surface area contributed by atoms with Crippen LogP contribution >= 0.6 is 0 Å². The minimum absolute atomic E-state index is 0.121. The molecule has 0 spiro atoms. The van der Waals surface area contributed by atoms with E-state index in [9.17, 15) is 70.2 Å². The summed E-state index contributed by atoms with van der Waals surface area (Å²) in [7, 11) is 0.241. The van der Waals surface area contributed by atoms with E-state index in [1.165, 1.54) is 0 Å². The number of rotatable bonds is 9. The second-order valence-corrected chi connectivity index (χ2v) is 6.43. The van der Waals surface area contributed by atoms with Crippen LogP contribution in [0.15, 0.2) is 9.98 Å². The highest BCUT2D eigenvalue weighted by Crippen LogP contribution is 2.63. The van der Waals surface area contributed by atoms with Crippen LogP contribution in [0, 0.1) is 0 Å². The number of hydrogen-bond acceptors (Lipinski definition) is 4. The molecule has 20 heteroatoms. The minimum Gasteiger partial charge on any atom is -0.759 e. The van der Waals surface area contributed by atoms with Gasteiger partial charge in [0, 0.05) is 14.1 Å². The Hall–Kier alpha value is -1.34. The van der Waals surface area contributed by atoms with Crippen LogP contribution < -0.4 is 0 Å². The molecule has 190 valence electrons. The van der Waals surface area contributed by atoms with Crippen molar-refractivity contribution in [3.8, 4) is 0 Å². The second-order valence-electron chi connectivity index (χ2n) is 5.65. The Labute approximate surface area is 178 Å². The first-order valence-corrected chi connectivity index (χ1v) is 7.84. The quantitative estimate of drug-likeness (QED) is 0.172. The van der Waals surface area contributed by atoms with E-state index in [4.69, 9.17) is 0 Å². The molecule has 0 aliphatic carbocycles. The number of aliphatic imine (C=N–C) groups is 2. The summed E-state index contributed by atoms with van der Waals surface area (Å²) in [6, 6.07) is 0. The number of hydrogen-bond donors (Lipinski definition) is 0. The molecule has 0 bridgehead atoms. The number of nitrogens with zero attached hydrogens (tertiary/aromatic N) is 2. The van der Waals surface area contributed by atoms with Crippen molar-refractivity contribution in [2.24, 2.45) is 9.98 Å². The molecule has 0 aliphatic rings. The zero-order valence-electron chi connectivity index (χ0n) is 14.8. The first-order chi connectivity index (χ1) is 13.7. The molecule has 0 aromatic heterocycles. The molecular formula is C12H6F16N2S2-2. The first-order valence-electron chi connectivity index (χ1n) is 7.02. The van der Waals surface area contributed by atoms with Crippen LogP contribution in [0.25, 0.3) is 0 Å². The van der Waals surface area contributed by atoms with Crippen LogP contribution in [0.2, 0.25) is 0 Å². The van der Waals surface area contributed by atoms with E-state index in [-0.39, 0.29) is 14.1 Å². The van der Waals surface area contributed by atoms with Gasteiger partial charge >= 0.3 is 47.4 Å². The molecule has 0 saturated carbocycles. The molecule has 0 aromatic rings. The van der Waals surface area contributed by atoms with Crippen molar-refractivity contribution in [1.29, 1.82) is 0 Å². The van der Waals surface area contributed by atoms with Gasteiger partial charge in [0.2, 0.25) is 0 Å². The Morgan fingerprint density at radius 1 is 0.406 bits per heavy atom. The average molecular weight is 546 g/mol. The zero-order valence-corrected chi connectivity index (χ0v) is 16.4. The van der Waals surface area contributed by atoms with Crippen LogP contribution in [0.3, 0.4) is 0 Å². The van der Waals surface area contributed by atoms with Gasteiger partial charge in [-0.25, -0.2) is 0 Å². The lowest BCUT2D eigenvalue weighted by Crippen LogP contribution is -2.75. The van der Waals surface area contributed by atoms with Crippen molar-refractivity contribution in [3.05, 3.63) is 0 Å². The average Bonchev–Trinajstić information content (AvgIpc) is 2.64. The van der Waals surface area contributed by atoms with Gasteiger partial charge in [0.25, 0.3) is 0 Å². The highest BCUT2D eigenvalue weighted by molar-refractivity contribution is 7.78. The molecule has 0 unspecified atom stereocenters. The van der Waals surface area contributed by atoms with E-state index in [1.54, 1.807) is 0 Å². The Balaban J connectivity index is 6.99. The van der Waals surface area contributed by atoms with Gasteiger partial charge in [-0.05, 0) is 10.1 Å². The third-order valence-corrected chi connectivity index (χ3v) is 4.58. The number of alkyl halides is 16. The summed E-state index contributed by atoms with van der Waals surface area (Å²) in [6.07, 6.45) is 0. The summed E-state index contributed by atoms with van der Waals surface area (Å²) >= 11 is 6.79. The summed E-state index contributed by atoms with van der Waals surface area (Å²) in [6.45, 7) is 0. The van der Waals surface area contributed by atoms with Crippen LogP contribution in [0.4, 0.5) is 70.2 Å². The summed E-state index contributed by atoms with van der Waals surface area (Å²) in [4.78, 5) is 4.15.